The molecular formula is C24H25N3O4. The second-order valence-corrected chi connectivity index (χ2v) is 7.89. The van der Waals surface area contributed by atoms with E-state index in [9.17, 15) is 14.4 Å². The number of nitrogens with zero attached hydrogens (tertiary/aromatic N) is 2. The minimum atomic E-state index is -0.883. The number of para-hydroxylation sites is 1. The SMILES string of the molecule is Cc1cccc2[nH]cc([C@@H](C)n3c(=O)n(CCCCC(=O)O)c(=O)c4ccccc43)c12. The minimum Gasteiger partial charge on any atom is -0.481 e. The van der Waals surface area contributed by atoms with Crippen LogP contribution in [0.25, 0.3) is 21.8 Å². The number of fused-ring (bicyclic) bond motifs is 2. The molecule has 7 heteroatoms. The van der Waals surface area contributed by atoms with Gasteiger partial charge in [0.1, 0.15) is 0 Å². The average Bonchev–Trinajstić information content (AvgIpc) is 3.18. The quantitative estimate of drug-likeness (QED) is 0.445. The van der Waals surface area contributed by atoms with E-state index >= 15 is 0 Å². The van der Waals surface area contributed by atoms with Crippen molar-refractivity contribution in [3.63, 3.8) is 0 Å². The van der Waals surface area contributed by atoms with Crippen LogP contribution in [-0.2, 0) is 11.3 Å². The highest BCUT2D eigenvalue weighted by Crippen LogP contribution is 2.29. The molecule has 0 amide bonds. The zero-order valence-electron chi connectivity index (χ0n) is 17.6. The van der Waals surface area contributed by atoms with Crippen LogP contribution in [0.5, 0.6) is 0 Å². The van der Waals surface area contributed by atoms with Gasteiger partial charge in [-0.3, -0.25) is 18.7 Å². The van der Waals surface area contributed by atoms with Crippen LogP contribution in [-0.4, -0.2) is 25.2 Å². The van der Waals surface area contributed by atoms with E-state index in [1.54, 1.807) is 22.8 Å². The van der Waals surface area contributed by atoms with Gasteiger partial charge in [-0.1, -0.05) is 24.3 Å². The average molecular weight is 419 g/mol. The number of aliphatic carboxylic acids is 1. The van der Waals surface area contributed by atoms with Gasteiger partial charge in [-0.05, 0) is 50.5 Å². The lowest BCUT2D eigenvalue weighted by atomic mass is 10.0. The van der Waals surface area contributed by atoms with E-state index in [2.05, 4.69) is 4.98 Å². The highest BCUT2D eigenvalue weighted by Gasteiger charge is 2.21. The molecule has 0 aliphatic rings. The molecule has 1 atom stereocenters. The Hall–Kier alpha value is -3.61. The summed E-state index contributed by atoms with van der Waals surface area (Å²) in [5.41, 5.74) is 2.97. The number of nitrogens with one attached hydrogen (secondary N) is 1. The number of carbonyl (C=O) groups is 1. The molecule has 0 aliphatic heterocycles. The van der Waals surface area contributed by atoms with Crippen molar-refractivity contribution in [2.75, 3.05) is 0 Å². The normalized spacial score (nSPS) is 12.5. The molecule has 160 valence electrons. The van der Waals surface area contributed by atoms with Gasteiger partial charge in [0.25, 0.3) is 5.56 Å². The summed E-state index contributed by atoms with van der Waals surface area (Å²) in [7, 11) is 0. The van der Waals surface area contributed by atoms with Crippen molar-refractivity contribution in [2.24, 2.45) is 0 Å². The number of H-pyrrole nitrogens is 1. The molecule has 2 heterocycles. The first-order valence-electron chi connectivity index (χ1n) is 10.4. The van der Waals surface area contributed by atoms with Gasteiger partial charge in [0.15, 0.2) is 0 Å². The predicted molar refractivity (Wildman–Crippen MR) is 121 cm³/mol. The number of carboxylic acids is 1. The lowest BCUT2D eigenvalue weighted by Gasteiger charge is -2.20. The lowest BCUT2D eigenvalue weighted by Crippen LogP contribution is -2.41. The molecule has 0 radical (unpaired) electrons. The maximum atomic E-state index is 13.5. The number of carboxylic acid groups (broad SMARTS) is 1. The molecule has 7 nitrogen and oxygen atoms in total. The van der Waals surface area contributed by atoms with Crippen LogP contribution in [0.3, 0.4) is 0 Å². The second-order valence-electron chi connectivity index (χ2n) is 7.89. The first-order valence-corrected chi connectivity index (χ1v) is 10.4. The summed E-state index contributed by atoms with van der Waals surface area (Å²) in [4.78, 5) is 40.6. The van der Waals surface area contributed by atoms with E-state index in [-0.39, 0.29) is 30.3 Å². The van der Waals surface area contributed by atoms with Crippen molar-refractivity contribution in [3.8, 4) is 0 Å². The number of hydrogen-bond acceptors (Lipinski definition) is 3. The molecule has 0 saturated carbocycles. The number of rotatable bonds is 7. The van der Waals surface area contributed by atoms with Crippen molar-refractivity contribution in [1.82, 2.24) is 14.1 Å². The Bertz CT molecular complexity index is 1390. The molecule has 31 heavy (non-hydrogen) atoms. The molecule has 0 aliphatic carbocycles. The van der Waals surface area contributed by atoms with Crippen LogP contribution >= 0.6 is 0 Å². The number of aromatic nitrogens is 3. The van der Waals surface area contributed by atoms with E-state index in [4.69, 9.17) is 5.11 Å². The molecule has 0 fully saturated rings. The summed E-state index contributed by atoms with van der Waals surface area (Å²) in [5, 5.41) is 10.4. The monoisotopic (exact) mass is 419 g/mol. The minimum absolute atomic E-state index is 0.0154. The van der Waals surface area contributed by atoms with E-state index < -0.39 is 5.97 Å². The van der Waals surface area contributed by atoms with E-state index in [1.807, 2.05) is 44.3 Å². The Balaban J connectivity index is 1.87. The summed E-state index contributed by atoms with van der Waals surface area (Å²) < 4.78 is 2.91. The van der Waals surface area contributed by atoms with Crippen LogP contribution in [0.2, 0.25) is 0 Å². The van der Waals surface area contributed by atoms with Crippen molar-refractivity contribution in [1.29, 1.82) is 0 Å². The van der Waals surface area contributed by atoms with Crippen LogP contribution < -0.4 is 11.2 Å². The number of aryl methyl sites for hydroxylation is 1. The molecule has 2 aromatic carbocycles. The summed E-state index contributed by atoms with van der Waals surface area (Å²) >= 11 is 0. The Morgan fingerprint density at radius 1 is 1.10 bits per heavy atom. The number of benzene rings is 2. The summed E-state index contributed by atoms with van der Waals surface area (Å²) in [5.74, 6) is -0.883. The first kappa shape index (κ1) is 20.7. The van der Waals surface area contributed by atoms with Crippen molar-refractivity contribution >= 4 is 27.8 Å². The van der Waals surface area contributed by atoms with Gasteiger partial charge >= 0.3 is 11.7 Å². The van der Waals surface area contributed by atoms with Gasteiger partial charge in [-0.25, -0.2) is 4.79 Å². The lowest BCUT2D eigenvalue weighted by molar-refractivity contribution is -0.137. The highest BCUT2D eigenvalue weighted by molar-refractivity contribution is 5.87. The molecule has 2 aromatic heterocycles. The largest absolute Gasteiger partial charge is 0.481 e. The highest BCUT2D eigenvalue weighted by atomic mass is 16.4. The number of aromatic amines is 1. The standard InChI is InChI=1S/C24H25N3O4/c1-15-8-7-10-19-22(15)18(14-25-19)16(2)27-20-11-4-3-9-17(20)23(30)26(24(27)31)13-6-5-12-21(28)29/h3-4,7-11,14,16,25H,5-6,12-13H2,1-2H3,(H,28,29)/t16-/m1/s1. The topological polar surface area (TPSA) is 97.1 Å². The fourth-order valence-electron chi connectivity index (χ4n) is 4.31. The fraction of sp³-hybridized carbons (Fsp3) is 0.292. The summed E-state index contributed by atoms with van der Waals surface area (Å²) in [6.45, 7) is 4.19. The second kappa shape index (κ2) is 8.26. The van der Waals surface area contributed by atoms with Gasteiger partial charge in [-0.2, -0.15) is 0 Å². The first-order chi connectivity index (χ1) is 14.9. The van der Waals surface area contributed by atoms with Gasteiger partial charge in [0.2, 0.25) is 0 Å². The predicted octanol–water partition coefficient (Wildman–Crippen LogP) is 3.82. The van der Waals surface area contributed by atoms with Crippen LogP contribution in [0.4, 0.5) is 0 Å². The molecular weight excluding hydrogens is 394 g/mol. The van der Waals surface area contributed by atoms with Gasteiger partial charge < -0.3 is 10.1 Å². The zero-order chi connectivity index (χ0) is 22.1. The molecule has 0 unspecified atom stereocenters. The third-order valence-corrected chi connectivity index (χ3v) is 5.88. The smallest absolute Gasteiger partial charge is 0.332 e. The summed E-state index contributed by atoms with van der Waals surface area (Å²) in [6, 6.07) is 12.9. The van der Waals surface area contributed by atoms with Crippen molar-refractivity contribution < 1.29 is 9.90 Å². The molecule has 0 bridgehead atoms. The maximum absolute atomic E-state index is 13.5. The van der Waals surface area contributed by atoms with Crippen molar-refractivity contribution in [3.05, 3.63) is 80.6 Å². The molecule has 0 saturated heterocycles. The molecule has 4 rings (SSSR count). The third kappa shape index (κ3) is 3.67. The summed E-state index contributed by atoms with van der Waals surface area (Å²) in [6.07, 6.45) is 2.79. The third-order valence-electron chi connectivity index (χ3n) is 5.88. The molecule has 4 aromatic rings. The van der Waals surface area contributed by atoms with Crippen LogP contribution in [0.1, 0.15) is 43.4 Å². The van der Waals surface area contributed by atoms with E-state index in [0.29, 0.717) is 23.7 Å². The zero-order valence-corrected chi connectivity index (χ0v) is 17.6. The Morgan fingerprint density at radius 2 is 1.87 bits per heavy atom. The van der Waals surface area contributed by atoms with Gasteiger partial charge in [-0.15, -0.1) is 0 Å². The number of unbranched alkanes of at least 4 members (excludes halogenated alkanes) is 1. The Kier molecular flexibility index (Phi) is 5.50. The Morgan fingerprint density at radius 3 is 2.65 bits per heavy atom. The number of hydrogen-bond donors (Lipinski definition) is 2. The van der Waals surface area contributed by atoms with E-state index in [1.165, 1.54) is 4.57 Å². The van der Waals surface area contributed by atoms with E-state index in [0.717, 1.165) is 22.0 Å². The van der Waals surface area contributed by atoms with Crippen molar-refractivity contribution in [2.45, 2.75) is 45.7 Å². The fourth-order valence-corrected chi connectivity index (χ4v) is 4.31. The maximum Gasteiger partial charge on any atom is 0.332 e. The molecule has 0 spiro atoms. The van der Waals surface area contributed by atoms with Gasteiger partial charge in [0, 0.05) is 35.6 Å². The molecule has 2 N–H and O–H groups in total. The van der Waals surface area contributed by atoms with Crippen LogP contribution in [0.15, 0.2) is 58.3 Å². The van der Waals surface area contributed by atoms with Gasteiger partial charge in [0.05, 0.1) is 16.9 Å². The Labute approximate surface area is 178 Å². The van der Waals surface area contributed by atoms with Crippen LogP contribution in [0, 0.1) is 6.92 Å².